The van der Waals surface area contributed by atoms with Gasteiger partial charge in [-0.2, -0.15) is 0 Å². The first-order valence-corrected chi connectivity index (χ1v) is 9.57. The Labute approximate surface area is 151 Å². The van der Waals surface area contributed by atoms with Gasteiger partial charge in [0.05, 0.1) is 13.2 Å². The average Bonchev–Trinajstić information content (AvgIpc) is 2.67. The number of benzene rings is 2. The molecule has 0 amide bonds. The van der Waals surface area contributed by atoms with Crippen molar-refractivity contribution in [1.29, 1.82) is 0 Å². The van der Waals surface area contributed by atoms with E-state index in [1.165, 1.54) is 41.5 Å². The molecule has 2 nitrogen and oxygen atoms in total. The summed E-state index contributed by atoms with van der Waals surface area (Å²) in [6.45, 7) is 4.46. The van der Waals surface area contributed by atoms with Crippen molar-refractivity contribution in [1.82, 2.24) is 0 Å². The summed E-state index contributed by atoms with van der Waals surface area (Å²) in [5, 5.41) is 19.4. The molecule has 0 saturated heterocycles. The van der Waals surface area contributed by atoms with Gasteiger partial charge < -0.3 is 10.2 Å². The molecule has 0 atom stereocenters. The highest BCUT2D eigenvalue weighted by Crippen LogP contribution is 2.46. The second-order valence-electron chi connectivity index (χ2n) is 7.56. The Morgan fingerprint density at radius 2 is 1.32 bits per heavy atom. The Hall–Kier alpha value is -1.64. The van der Waals surface area contributed by atoms with Crippen LogP contribution in [-0.2, 0) is 25.0 Å². The second-order valence-corrected chi connectivity index (χ2v) is 7.56. The molecule has 2 aromatic rings. The topological polar surface area (TPSA) is 40.5 Å². The van der Waals surface area contributed by atoms with E-state index in [1.807, 2.05) is 0 Å². The molecule has 1 fully saturated rings. The monoisotopic (exact) mass is 338 g/mol. The highest BCUT2D eigenvalue weighted by Gasteiger charge is 2.36. The van der Waals surface area contributed by atoms with Gasteiger partial charge in [-0.25, -0.2) is 0 Å². The van der Waals surface area contributed by atoms with Crippen molar-refractivity contribution in [3.8, 4) is 0 Å². The third-order valence-corrected chi connectivity index (χ3v) is 5.78. The van der Waals surface area contributed by atoms with Gasteiger partial charge in [0.25, 0.3) is 0 Å². The second kappa shape index (κ2) is 7.72. The maximum absolute atomic E-state index is 9.73. The minimum Gasteiger partial charge on any atom is -0.392 e. The van der Waals surface area contributed by atoms with Crippen LogP contribution in [0, 0.1) is 6.92 Å². The van der Waals surface area contributed by atoms with Gasteiger partial charge in [0.15, 0.2) is 0 Å². The van der Waals surface area contributed by atoms with Gasteiger partial charge in [-0.05, 0) is 54.0 Å². The molecular weight excluding hydrogens is 308 g/mol. The van der Waals surface area contributed by atoms with E-state index in [0.29, 0.717) is 0 Å². The number of hydrogen-bond donors (Lipinski definition) is 2. The molecule has 1 saturated carbocycles. The molecule has 0 spiro atoms. The third-order valence-electron chi connectivity index (χ3n) is 5.78. The Balaban J connectivity index is 2.19. The predicted octanol–water partition coefficient (Wildman–Crippen LogP) is 4.79. The van der Waals surface area contributed by atoms with Crippen molar-refractivity contribution in [2.45, 2.75) is 71.0 Å². The molecule has 0 aromatic heterocycles. The van der Waals surface area contributed by atoms with Gasteiger partial charge in [-0.3, -0.25) is 0 Å². The molecule has 0 heterocycles. The first-order valence-electron chi connectivity index (χ1n) is 9.57. The molecule has 2 aromatic carbocycles. The van der Waals surface area contributed by atoms with Crippen molar-refractivity contribution in [3.63, 3.8) is 0 Å². The zero-order valence-corrected chi connectivity index (χ0v) is 15.5. The lowest BCUT2D eigenvalue weighted by atomic mass is 9.64. The lowest BCUT2D eigenvalue weighted by molar-refractivity contribution is 0.280. The fraction of sp³-hybridized carbons (Fsp3) is 0.478. The van der Waals surface area contributed by atoms with Crippen LogP contribution in [0.15, 0.2) is 36.4 Å². The lowest BCUT2D eigenvalue weighted by Crippen LogP contribution is -2.31. The molecular formula is C23H30O2. The van der Waals surface area contributed by atoms with E-state index in [9.17, 15) is 10.2 Å². The summed E-state index contributed by atoms with van der Waals surface area (Å²) >= 11 is 0. The molecule has 2 N–H and O–H groups in total. The van der Waals surface area contributed by atoms with E-state index < -0.39 is 0 Å². The minimum absolute atomic E-state index is 0.00326. The van der Waals surface area contributed by atoms with Crippen LogP contribution in [0.1, 0.15) is 72.4 Å². The normalized spacial score (nSPS) is 16.8. The number of aliphatic hydroxyl groups excluding tert-OH is 2. The maximum atomic E-state index is 9.73. The molecule has 2 heteroatoms. The molecule has 0 aliphatic heterocycles. The molecule has 1 aliphatic rings. The zero-order valence-electron chi connectivity index (χ0n) is 15.5. The first-order chi connectivity index (χ1) is 12.1. The molecule has 3 rings (SSSR count). The van der Waals surface area contributed by atoms with Crippen molar-refractivity contribution in [3.05, 3.63) is 69.8 Å². The summed E-state index contributed by atoms with van der Waals surface area (Å²) in [4.78, 5) is 0. The Kier molecular flexibility index (Phi) is 5.61. The Bertz CT molecular complexity index is 705. The van der Waals surface area contributed by atoms with Crippen LogP contribution < -0.4 is 0 Å². The van der Waals surface area contributed by atoms with E-state index in [-0.39, 0.29) is 18.6 Å². The summed E-state index contributed by atoms with van der Waals surface area (Å²) < 4.78 is 0. The molecule has 25 heavy (non-hydrogen) atoms. The van der Waals surface area contributed by atoms with E-state index in [0.717, 1.165) is 30.4 Å². The van der Waals surface area contributed by atoms with Crippen LogP contribution >= 0.6 is 0 Å². The van der Waals surface area contributed by atoms with E-state index in [2.05, 4.69) is 50.2 Å². The van der Waals surface area contributed by atoms with Crippen molar-refractivity contribution < 1.29 is 10.2 Å². The quantitative estimate of drug-likeness (QED) is 0.823. The minimum atomic E-state index is 0.00326. The molecule has 134 valence electrons. The smallest absolute Gasteiger partial charge is 0.0682 e. The Morgan fingerprint density at radius 3 is 1.92 bits per heavy atom. The fourth-order valence-corrected chi connectivity index (χ4v) is 4.46. The summed E-state index contributed by atoms with van der Waals surface area (Å²) in [6, 6.07) is 13.2. The first kappa shape index (κ1) is 18.2. The SMILES string of the molecule is CCc1cc(CO)cc(C2(c3cc(C)cc(CO)c3)CCCCC2)c1. The standard InChI is InChI=1S/C23H30O2/c1-3-18-11-20(16-25)14-22(12-18)23(7-5-4-6-8-23)21-10-17(2)9-19(13-21)15-24/h9-14,24-25H,3-8,15-16H2,1-2H3. The van der Waals surface area contributed by atoms with E-state index in [1.54, 1.807) is 0 Å². The summed E-state index contributed by atoms with van der Waals surface area (Å²) in [7, 11) is 0. The van der Waals surface area contributed by atoms with Crippen LogP contribution in [0.3, 0.4) is 0 Å². The number of hydrogen-bond acceptors (Lipinski definition) is 2. The summed E-state index contributed by atoms with van der Waals surface area (Å²) in [5.74, 6) is 0. The lowest BCUT2D eigenvalue weighted by Gasteiger charge is -2.39. The van der Waals surface area contributed by atoms with Crippen molar-refractivity contribution in [2.75, 3.05) is 0 Å². The highest BCUT2D eigenvalue weighted by molar-refractivity contribution is 5.46. The van der Waals surface area contributed by atoms with Crippen LogP contribution in [0.25, 0.3) is 0 Å². The molecule has 1 aliphatic carbocycles. The molecule has 0 unspecified atom stereocenters. The zero-order chi connectivity index (χ0) is 17.9. The predicted molar refractivity (Wildman–Crippen MR) is 103 cm³/mol. The highest BCUT2D eigenvalue weighted by atomic mass is 16.3. The van der Waals surface area contributed by atoms with Gasteiger partial charge in [-0.15, -0.1) is 0 Å². The maximum Gasteiger partial charge on any atom is 0.0682 e. The van der Waals surface area contributed by atoms with Gasteiger partial charge in [0.1, 0.15) is 0 Å². The largest absolute Gasteiger partial charge is 0.392 e. The fourth-order valence-electron chi connectivity index (χ4n) is 4.46. The van der Waals surface area contributed by atoms with Crippen molar-refractivity contribution >= 4 is 0 Å². The van der Waals surface area contributed by atoms with Crippen LogP contribution in [0.5, 0.6) is 0 Å². The van der Waals surface area contributed by atoms with Crippen LogP contribution in [0.4, 0.5) is 0 Å². The van der Waals surface area contributed by atoms with Gasteiger partial charge in [0.2, 0.25) is 0 Å². The summed E-state index contributed by atoms with van der Waals surface area (Å²) in [5.41, 5.74) is 7.17. The molecule has 0 bridgehead atoms. The van der Waals surface area contributed by atoms with Crippen LogP contribution in [-0.4, -0.2) is 10.2 Å². The third kappa shape index (κ3) is 3.65. The average molecular weight is 338 g/mol. The van der Waals surface area contributed by atoms with E-state index >= 15 is 0 Å². The van der Waals surface area contributed by atoms with E-state index in [4.69, 9.17) is 0 Å². The molecule has 0 radical (unpaired) electrons. The van der Waals surface area contributed by atoms with Gasteiger partial charge in [0, 0.05) is 5.41 Å². The summed E-state index contributed by atoms with van der Waals surface area (Å²) in [6.07, 6.45) is 7.01. The number of aliphatic hydroxyl groups is 2. The number of aryl methyl sites for hydroxylation is 2. The Morgan fingerprint density at radius 1 is 0.760 bits per heavy atom. The van der Waals surface area contributed by atoms with Crippen LogP contribution in [0.2, 0.25) is 0 Å². The van der Waals surface area contributed by atoms with Gasteiger partial charge >= 0.3 is 0 Å². The number of rotatable bonds is 5. The van der Waals surface area contributed by atoms with Crippen molar-refractivity contribution in [2.24, 2.45) is 0 Å². The van der Waals surface area contributed by atoms with Gasteiger partial charge in [-0.1, -0.05) is 68.1 Å².